The Bertz CT molecular complexity index is 720. The molecule has 0 saturated carbocycles. The van der Waals surface area contributed by atoms with Gasteiger partial charge in [-0.15, -0.1) is 0 Å². The van der Waals surface area contributed by atoms with Crippen LogP contribution in [0.5, 0.6) is 0 Å². The van der Waals surface area contributed by atoms with E-state index in [2.05, 4.69) is 0 Å². The smallest absolute Gasteiger partial charge is 0.374 e. The molecule has 1 aromatic carbocycles. The molecule has 5 heteroatoms. The molecular formula is C18H19FO4. The van der Waals surface area contributed by atoms with Gasteiger partial charge in [0, 0.05) is 18.9 Å². The van der Waals surface area contributed by atoms with E-state index in [4.69, 9.17) is 9.15 Å². The Morgan fingerprint density at radius 3 is 2.30 bits per heavy atom. The van der Waals surface area contributed by atoms with Gasteiger partial charge in [-0.1, -0.05) is 12.1 Å². The second kappa shape index (κ2) is 6.36. The van der Waals surface area contributed by atoms with Gasteiger partial charge in [-0.3, -0.25) is 4.79 Å². The van der Waals surface area contributed by atoms with E-state index in [-0.39, 0.29) is 23.1 Å². The van der Waals surface area contributed by atoms with Crippen LogP contribution in [-0.4, -0.2) is 17.4 Å². The number of hydrogen-bond acceptors (Lipinski definition) is 4. The second-order valence-corrected chi connectivity index (χ2v) is 6.33. The SMILES string of the molecule is CC(=O)c1oc(C(=O)OC(C)(C)C)cc1Cc1ccc(F)cc1. The lowest BCUT2D eigenvalue weighted by Gasteiger charge is -2.18. The lowest BCUT2D eigenvalue weighted by Crippen LogP contribution is -2.23. The van der Waals surface area contributed by atoms with Gasteiger partial charge in [-0.2, -0.15) is 0 Å². The first kappa shape index (κ1) is 16.9. The second-order valence-electron chi connectivity index (χ2n) is 6.33. The molecule has 23 heavy (non-hydrogen) atoms. The van der Waals surface area contributed by atoms with E-state index in [1.807, 2.05) is 0 Å². The van der Waals surface area contributed by atoms with E-state index in [0.717, 1.165) is 5.56 Å². The molecule has 0 bridgehead atoms. The van der Waals surface area contributed by atoms with Gasteiger partial charge in [0.25, 0.3) is 0 Å². The molecule has 0 aliphatic carbocycles. The van der Waals surface area contributed by atoms with Crippen molar-refractivity contribution in [2.75, 3.05) is 0 Å². The maximum Gasteiger partial charge on any atom is 0.374 e. The quantitative estimate of drug-likeness (QED) is 0.627. The summed E-state index contributed by atoms with van der Waals surface area (Å²) in [4.78, 5) is 23.8. The van der Waals surface area contributed by atoms with Crippen LogP contribution in [-0.2, 0) is 11.2 Å². The maximum atomic E-state index is 13.0. The van der Waals surface area contributed by atoms with Crippen molar-refractivity contribution >= 4 is 11.8 Å². The van der Waals surface area contributed by atoms with Gasteiger partial charge in [0.1, 0.15) is 11.4 Å². The number of halogens is 1. The van der Waals surface area contributed by atoms with Crippen molar-refractivity contribution in [3.8, 4) is 0 Å². The average Bonchev–Trinajstić information content (AvgIpc) is 2.84. The summed E-state index contributed by atoms with van der Waals surface area (Å²) in [5.41, 5.74) is 0.729. The predicted octanol–water partition coefficient (Wildman–Crippen LogP) is 4.17. The topological polar surface area (TPSA) is 56.5 Å². The summed E-state index contributed by atoms with van der Waals surface area (Å²) >= 11 is 0. The summed E-state index contributed by atoms with van der Waals surface area (Å²) in [5, 5.41) is 0. The minimum Gasteiger partial charge on any atom is -0.454 e. The first-order valence-electron chi connectivity index (χ1n) is 7.27. The molecule has 0 aliphatic heterocycles. The number of hydrogen-bond donors (Lipinski definition) is 0. The van der Waals surface area contributed by atoms with Crippen molar-refractivity contribution in [1.29, 1.82) is 0 Å². The molecule has 0 amide bonds. The molecule has 1 aromatic heterocycles. The van der Waals surface area contributed by atoms with Crippen LogP contribution in [0.2, 0.25) is 0 Å². The van der Waals surface area contributed by atoms with Crippen LogP contribution < -0.4 is 0 Å². The fraction of sp³-hybridized carbons (Fsp3) is 0.333. The Balaban J connectivity index is 2.30. The lowest BCUT2D eigenvalue weighted by molar-refractivity contribution is 0.00353. The standard InChI is InChI=1S/C18H19FO4/c1-11(20)16-13(9-12-5-7-14(19)8-6-12)10-15(22-16)17(21)23-18(2,3)4/h5-8,10H,9H2,1-4H3. The maximum absolute atomic E-state index is 13.0. The molecule has 0 N–H and O–H groups in total. The Morgan fingerprint density at radius 2 is 1.78 bits per heavy atom. The van der Waals surface area contributed by atoms with Crippen molar-refractivity contribution < 1.29 is 23.1 Å². The number of benzene rings is 1. The molecule has 122 valence electrons. The monoisotopic (exact) mass is 318 g/mol. The summed E-state index contributed by atoms with van der Waals surface area (Å²) < 4.78 is 23.6. The average molecular weight is 318 g/mol. The third-order valence-electron chi connectivity index (χ3n) is 3.04. The van der Waals surface area contributed by atoms with Crippen LogP contribution in [0.4, 0.5) is 4.39 Å². The Kier molecular flexibility index (Phi) is 4.68. The normalized spacial score (nSPS) is 11.3. The van der Waals surface area contributed by atoms with Gasteiger partial charge in [-0.05, 0) is 44.5 Å². The first-order chi connectivity index (χ1) is 10.7. The summed E-state index contributed by atoms with van der Waals surface area (Å²) in [5.74, 6) is -1.12. The largest absolute Gasteiger partial charge is 0.454 e. The van der Waals surface area contributed by atoms with Gasteiger partial charge in [0.05, 0.1) is 0 Å². The number of rotatable bonds is 4. The number of furan rings is 1. The van der Waals surface area contributed by atoms with E-state index < -0.39 is 11.6 Å². The van der Waals surface area contributed by atoms with Crippen LogP contribution in [0, 0.1) is 5.82 Å². The summed E-state index contributed by atoms with van der Waals surface area (Å²) in [7, 11) is 0. The predicted molar refractivity (Wildman–Crippen MR) is 83.1 cm³/mol. The lowest BCUT2D eigenvalue weighted by atomic mass is 10.0. The molecular weight excluding hydrogens is 299 g/mol. The fourth-order valence-electron chi connectivity index (χ4n) is 2.11. The zero-order valence-electron chi connectivity index (χ0n) is 13.6. The number of Topliss-reactive ketones (excluding diaryl/α,β-unsaturated/α-hetero) is 1. The Labute approximate surface area is 134 Å². The molecule has 0 atom stereocenters. The third-order valence-corrected chi connectivity index (χ3v) is 3.04. The van der Waals surface area contributed by atoms with Gasteiger partial charge >= 0.3 is 5.97 Å². The van der Waals surface area contributed by atoms with Crippen LogP contribution in [0.25, 0.3) is 0 Å². The highest BCUT2D eigenvalue weighted by Crippen LogP contribution is 2.22. The zero-order valence-corrected chi connectivity index (χ0v) is 13.6. The molecule has 4 nitrogen and oxygen atoms in total. The molecule has 2 aromatic rings. The van der Waals surface area contributed by atoms with Crippen molar-refractivity contribution in [1.82, 2.24) is 0 Å². The Morgan fingerprint density at radius 1 is 1.17 bits per heavy atom. The highest BCUT2D eigenvalue weighted by Gasteiger charge is 2.24. The molecule has 0 radical (unpaired) electrons. The van der Waals surface area contributed by atoms with Crippen LogP contribution in [0.1, 0.15) is 59.9 Å². The molecule has 0 fully saturated rings. The Hall–Kier alpha value is -2.43. The molecule has 0 spiro atoms. The van der Waals surface area contributed by atoms with Crippen LogP contribution in [0.3, 0.4) is 0 Å². The van der Waals surface area contributed by atoms with Crippen molar-refractivity contribution in [2.24, 2.45) is 0 Å². The summed E-state index contributed by atoms with van der Waals surface area (Å²) in [6, 6.07) is 7.45. The van der Waals surface area contributed by atoms with E-state index >= 15 is 0 Å². The molecule has 0 aliphatic rings. The van der Waals surface area contributed by atoms with E-state index in [9.17, 15) is 14.0 Å². The molecule has 0 unspecified atom stereocenters. The minimum absolute atomic E-state index is 0.0118. The first-order valence-corrected chi connectivity index (χ1v) is 7.27. The zero-order chi connectivity index (χ0) is 17.2. The summed E-state index contributed by atoms with van der Waals surface area (Å²) in [6.45, 7) is 6.61. The van der Waals surface area contributed by atoms with Crippen molar-refractivity contribution in [2.45, 2.75) is 39.7 Å². The van der Waals surface area contributed by atoms with Crippen molar-refractivity contribution in [3.05, 3.63) is 58.8 Å². The number of ether oxygens (including phenoxy) is 1. The minimum atomic E-state index is -0.655. The number of carbonyl (C=O) groups excluding carboxylic acids is 2. The van der Waals surface area contributed by atoms with Gasteiger partial charge < -0.3 is 9.15 Å². The van der Waals surface area contributed by atoms with Gasteiger partial charge in [0.15, 0.2) is 11.5 Å². The van der Waals surface area contributed by atoms with Crippen molar-refractivity contribution in [3.63, 3.8) is 0 Å². The van der Waals surface area contributed by atoms with E-state index in [1.54, 1.807) is 32.9 Å². The molecule has 0 saturated heterocycles. The molecule has 2 rings (SSSR count). The number of esters is 1. The van der Waals surface area contributed by atoms with Crippen LogP contribution in [0.15, 0.2) is 34.7 Å². The fourth-order valence-corrected chi connectivity index (χ4v) is 2.11. The van der Waals surface area contributed by atoms with E-state index in [0.29, 0.717) is 12.0 Å². The summed E-state index contributed by atoms with van der Waals surface area (Å²) in [6.07, 6.45) is 0.363. The number of carbonyl (C=O) groups is 2. The van der Waals surface area contributed by atoms with Gasteiger partial charge in [0.2, 0.25) is 5.76 Å². The highest BCUT2D eigenvalue weighted by molar-refractivity contribution is 5.95. The third kappa shape index (κ3) is 4.52. The van der Waals surface area contributed by atoms with E-state index in [1.165, 1.54) is 25.1 Å². The highest BCUT2D eigenvalue weighted by atomic mass is 19.1. The van der Waals surface area contributed by atoms with Gasteiger partial charge in [-0.25, -0.2) is 9.18 Å². The van der Waals surface area contributed by atoms with Crippen LogP contribution >= 0.6 is 0 Å². The molecule has 1 heterocycles. The number of ketones is 1.